The summed E-state index contributed by atoms with van der Waals surface area (Å²) >= 11 is 1.81. The second-order valence-electron chi connectivity index (χ2n) is 15.9. The average molecular weight is 823 g/mol. The number of thiophene rings is 1. The highest BCUT2D eigenvalue weighted by Gasteiger charge is 2.21. The fourth-order valence-electron chi connectivity index (χ4n) is 9.39. The maximum Gasteiger partial charge on any atom is 0.164 e. The van der Waals surface area contributed by atoms with Crippen LogP contribution in [-0.2, 0) is 0 Å². The molecule has 0 aliphatic heterocycles. The van der Waals surface area contributed by atoms with Gasteiger partial charge in [0.05, 0.1) is 11.0 Å². The normalized spacial score (nSPS) is 11.8. The van der Waals surface area contributed by atoms with Crippen molar-refractivity contribution in [3.05, 3.63) is 206 Å². The number of hydrogen-bond acceptors (Lipinski definition) is 5. The SMILES string of the molecule is c1ccc(-c2cccc(-c3nc(-c4ccc5sc6cccc(-c7ccccc7)c6c5c4)nc(-c4cccc5oc6ccc(-n7c8ccccc8c8ccccc87)cc6c45)n3)c2)cc1. The van der Waals surface area contributed by atoms with E-state index in [2.05, 4.69) is 193 Å². The molecule has 0 saturated heterocycles. The Morgan fingerprint density at radius 1 is 0.349 bits per heavy atom. The van der Waals surface area contributed by atoms with Gasteiger partial charge in [-0.3, -0.25) is 0 Å². The van der Waals surface area contributed by atoms with Gasteiger partial charge in [0, 0.05) is 64.1 Å². The van der Waals surface area contributed by atoms with Crippen molar-refractivity contribution in [3.63, 3.8) is 0 Å². The molecule has 0 spiro atoms. The first-order valence-corrected chi connectivity index (χ1v) is 21.9. The van der Waals surface area contributed by atoms with Crippen LogP contribution in [-0.4, -0.2) is 19.5 Å². The Kier molecular flexibility index (Phi) is 8.01. The Hall–Kier alpha value is -8.19. The molecule has 5 nitrogen and oxygen atoms in total. The molecule has 6 heteroatoms. The molecule has 0 fully saturated rings. The molecule has 0 radical (unpaired) electrons. The molecule has 0 bridgehead atoms. The predicted molar refractivity (Wildman–Crippen MR) is 262 cm³/mol. The average Bonchev–Trinajstić information content (AvgIpc) is 4.03. The van der Waals surface area contributed by atoms with E-state index in [1.807, 2.05) is 29.5 Å². The monoisotopic (exact) mass is 822 g/mol. The number of para-hydroxylation sites is 2. The molecule has 9 aromatic carbocycles. The van der Waals surface area contributed by atoms with Crippen LogP contribution in [0.4, 0.5) is 0 Å². The number of aromatic nitrogens is 4. The van der Waals surface area contributed by atoms with Crippen molar-refractivity contribution in [1.29, 1.82) is 0 Å². The molecule has 13 aromatic rings. The molecular weight excluding hydrogens is 789 g/mol. The van der Waals surface area contributed by atoms with E-state index in [9.17, 15) is 0 Å². The molecule has 13 rings (SSSR count). The molecular formula is C57H34N4OS. The van der Waals surface area contributed by atoms with E-state index in [-0.39, 0.29) is 0 Å². The third-order valence-corrected chi connectivity index (χ3v) is 13.4. The van der Waals surface area contributed by atoms with E-state index in [0.29, 0.717) is 17.5 Å². The molecule has 294 valence electrons. The zero-order chi connectivity index (χ0) is 41.4. The molecule has 4 aromatic heterocycles. The number of benzene rings is 9. The minimum Gasteiger partial charge on any atom is -0.456 e. The summed E-state index contributed by atoms with van der Waals surface area (Å²) in [6, 6.07) is 72.6. The van der Waals surface area contributed by atoms with Gasteiger partial charge in [-0.2, -0.15) is 0 Å². The molecule has 0 aliphatic carbocycles. The van der Waals surface area contributed by atoms with Crippen molar-refractivity contribution in [2.24, 2.45) is 0 Å². The number of furan rings is 1. The summed E-state index contributed by atoms with van der Waals surface area (Å²) in [5.74, 6) is 1.79. The Balaban J connectivity index is 1.04. The fourth-order valence-corrected chi connectivity index (χ4v) is 10.5. The van der Waals surface area contributed by atoms with Gasteiger partial charge >= 0.3 is 0 Å². The van der Waals surface area contributed by atoms with Crippen LogP contribution >= 0.6 is 11.3 Å². The second kappa shape index (κ2) is 14.2. The van der Waals surface area contributed by atoms with E-state index in [4.69, 9.17) is 19.4 Å². The Bertz CT molecular complexity index is 3870. The molecule has 0 unspecified atom stereocenters. The molecule has 0 aliphatic rings. The number of rotatable bonds is 6. The van der Waals surface area contributed by atoms with Crippen molar-refractivity contribution in [2.75, 3.05) is 0 Å². The van der Waals surface area contributed by atoms with Crippen molar-refractivity contribution < 1.29 is 4.42 Å². The third-order valence-electron chi connectivity index (χ3n) is 12.3. The largest absolute Gasteiger partial charge is 0.456 e. The van der Waals surface area contributed by atoms with Gasteiger partial charge in [0.15, 0.2) is 17.5 Å². The summed E-state index contributed by atoms with van der Waals surface area (Å²) in [6.45, 7) is 0. The zero-order valence-corrected chi connectivity index (χ0v) is 34.6. The second-order valence-corrected chi connectivity index (χ2v) is 17.0. The van der Waals surface area contributed by atoms with Gasteiger partial charge in [-0.25, -0.2) is 15.0 Å². The van der Waals surface area contributed by atoms with Gasteiger partial charge in [0.1, 0.15) is 11.2 Å². The highest BCUT2D eigenvalue weighted by atomic mass is 32.1. The number of hydrogen-bond donors (Lipinski definition) is 0. The molecule has 4 heterocycles. The van der Waals surface area contributed by atoms with Crippen LogP contribution in [0.25, 0.3) is 126 Å². The Morgan fingerprint density at radius 2 is 0.968 bits per heavy atom. The minimum absolute atomic E-state index is 0.580. The lowest BCUT2D eigenvalue weighted by Gasteiger charge is -2.11. The molecule has 0 N–H and O–H groups in total. The van der Waals surface area contributed by atoms with Gasteiger partial charge in [-0.05, 0) is 89.0 Å². The van der Waals surface area contributed by atoms with Crippen molar-refractivity contribution in [3.8, 4) is 62.1 Å². The maximum atomic E-state index is 6.60. The summed E-state index contributed by atoms with van der Waals surface area (Å²) in [7, 11) is 0. The van der Waals surface area contributed by atoms with E-state index in [1.165, 1.54) is 42.1 Å². The van der Waals surface area contributed by atoms with Crippen molar-refractivity contribution >= 4 is 75.3 Å². The lowest BCUT2D eigenvalue weighted by Crippen LogP contribution is -2.00. The first-order chi connectivity index (χ1) is 31.2. The first kappa shape index (κ1) is 35.6. The van der Waals surface area contributed by atoms with Crippen LogP contribution in [0.1, 0.15) is 0 Å². The highest BCUT2D eigenvalue weighted by molar-refractivity contribution is 7.26. The summed E-state index contributed by atoms with van der Waals surface area (Å²) < 4.78 is 11.4. The van der Waals surface area contributed by atoms with E-state index >= 15 is 0 Å². The van der Waals surface area contributed by atoms with Crippen LogP contribution < -0.4 is 0 Å². The van der Waals surface area contributed by atoms with E-state index in [1.54, 1.807) is 0 Å². The van der Waals surface area contributed by atoms with Crippen LogP contribution in [0, 0.1) is 0 Å². The number of fused-ring (bicyclic) bond motifs is 9. The van der Waals surface area contributed by atoms with E-state index < -0.39 is 0 Å². The minimum atomic E-state index is 0.580. The lowest BCUT2D eigenvalue weighted by atomic mass is 9.99. The third kappa shape index (κ3) is 5.80. The van der Waals surface area contributed by atoms with Gasteiger partial charge < -0.3 is 8.98 Å². The summed E-state index contributed by atoms with van der Waals surface area (Å²) in [5, 5.41) is 6.82. The molecule has 0 atom stereocenters. The first-order valence-electron chi connectivity index (χ1n) is 21.1. The van der Waals surface area contributed by atoms with Gasteiger partial charge in [-0.15, -0.1) is 11.3 Å². The Labute approximate surface area is 365 Å². The van der Waals surface area contributed by atoms with E-state index in [0.717, 1.165) is 66.5 Å². The molecule has 63 heavy (non-hydrogen) atoms. The molecule has 0 saturated carbocycles. The van der Waals surface area contributed by atoms with Crippen molar-refractivity contribution in [2.45, 2.75) is 0 Å². The molecule has 0 amide bonds. The summed E-state index contributed by atoms with van der Waals surface area (Å²) in [5.41, 5.74) is 12.3. The van der Waals surface area contributed by atoms with Crippen LogP contribution in [0.15, 0.2) is 211 Å². The van der Waals surface area contributed by atoms with Gasteiger partial charge in [-0.1, -0.05) is 140 Å². The maximum absolute atomic E-state index is 6.60. The number of nitrogens with zero attached hydrogens (tertiary/aromatic N) is 4. The van der Waals surface area contributed by atoms with Crippen LogP contribution in [0.5, 0.6) is 0 Å². The summed E-state index contributed by atoms with van der Waals surface area (Å²) in [4.78, 5) is 15.9. The lowest BCUT2D eigenvalue weighted by molar-refractivity contribution is 0.669. The van der Waals surface area contributed by atoms with Crippen molar-refractivity contribution in [1.82, 2.24) is 19.5 Å². The zero-order valence-electron chi connectivity index (χ0n) is 33.7. The standard InChI is InChI=1S/C57H34N4OS/c1-3-14-35(15-4-1)37-18-11-19-38(32-37)55-58-56(39-28-31-51-46(33-39)54-41(22-13-27-52(54)63-51)36-16-5-2-6-17-36)60-57(59-55)44-23-12-26-50-53(44)45-34-40(29-30-49(45)62-50)61-47-24-9-7-20-42(47)43-21-8-10-25-48(43)61/h1-34H. The van der Waals surface area contributed by atoms with Gasteiger partial charge in [0.2, 0.25) is 0 Å². The van der Waals surface area contributed by atoms with Crippen LogP contribution in [0.2, 0.25) is 0 Å². The highest BCUT2D eigenvalue weighted by Crippen LogP contribution is 2.43. The van der Waals surface area contributed by atoms with Crippen LogP contribution in [0.3, 0.4) is 0 Å². The smallest absolute Gasteiger partial charge is 0.164 e. The summed E-state index contributed by atoms with van der Waals surface area (Å²) in [6.07, 6.45) is 0. The topological polar surface area (TPSA) is 56.7 Å². The fraction of sp³-hybridized carbons (Fsp3) is 0. The Morgan fingerprint density at radius 3 is 1.75 bits per heavy atom. The quantitative estimate of drug-likeness (QED) is 0.168. The van der Waals surface area contributed by atoms with Gasteiger partial charge in [0.25, 0.3) is 0 Å². The predicted octanol–water partition coefficient (Wildman–Crippen LogP) is 15.6.